The van der Waals surface area contributed by atoms with Gasteiger partial charge in [0.1, 0.15) is 12.1 Å². The van der Waals surface area contributed by atoms with Crippen LogP contribution in [0.2, 0.25) is 5.02 Å². The Hall–Kier alpha value is -3.04. The predicted molar refractivity (Wildman–Crippen MR) is 114 cm³/mol. The monoisotopic (exact) mass is 446 g/mol. The Bertz CT molecular complexity index is 1010. The fourth-order valence-corrected chi connectivity index (χ4v) is 3.87. The number of hydrogen-bond acceptors (Lipinski definition) is 5. The van der Waals surface area contributed by atoms with Gasteiger partial charge in [0, 0.05) is 9.92 Å². The van der Waals surface area contributed by atoms with E-state index in [-0.39, 0.29) is 5.75 Å². The minimum atomic E-state index is -1.29. The fraction of sp³-hybridized carbons (Fsp3) is 0.200. The number of anilines is 1. The van der Waals surface area contributed by atoms with E-state index >= 15 is 0 Å². The summed E-state index contributed by atoms with van der Waals surface area (Å²) in [6.45, 7) is 1.12. The van der Waals surface area contributed by atoms with Crippen molar-refractivity contribution in [3.05, 3.63) is 59.1 Å². The molecule has 1 aliphatic rings. The number of hydrogen-bond donors (Lipinski definition) is 3. The third-order valence-corrected chi connectivity index (χ3v) is 5.88. The van der Waals surface area contributed by atoms with Crippen molar-refractivity contribution >= 4 is 52.8 Å². The molecule has 2 aromatic carbocycles. The summed E-state index contributed by atoms with van der Waals surface area (Å²) in [6, 6.07) is 12.7. The van der Waals surface area contributed by atoms with Crippen LogP contribution in [0.15, 0.2) is 53.4 Å². The molecule has 1 unspecified atom stereocenters. The van der Waals surface area contributed by atoms with Crippen LogP contribution in [0, 0.1) is 0 Å². The molecule has 3 rings (SSSR count). The first-order chi connectivity index (χ1) is 14.2. The number of rotatable bonds is 7. The number of imide groups is 1. The molecule has 1 saturated heterocycles. The fourth-order valence-electron chi connectivity index (χ4n) is 3.00. The first kappa shape index (κ1) is 21.7. The molecule has 0 spiro atoms. The third-order valence-electron chi connectivity index (χ3n) is 4.53. The van der Waals surface area contributed by atoms with Gasteiger partial charge in [-0.3, -0.25) is 19.3 Å². The lowest BCUT2D eigenvalue weighted by molar-refractivity contribution is -0.133. The number of carbonyl (C=O) groups is 4. The summed E-state index contributed by atoms with van der Waals surface area (Å²) in [7, 11) is 0. The Kier molecular flexibility index (Phi) is 6.33. The summed E-state index contributed by atoms with van der Waals surface area (Å²) < 4.78 is 0. The summed E-state index contributed by atoms with van der Waals surface area (Å²) >= 11 is 7.07. The lowest BCUT2D eigenvalue weighted by atomic mass is 9.92. The molecule has 8 nitrogen and oxygen atoms in total. The second-order valence-electron chi connectivity index (χ2n) is 6.75. The highest BCUT2D eigenvalue weighted by molar-refractivity contribution is 8.00. The quantitative estimate of drug-likeness (QED) is 0.445. The first-order valence-electron chi connectivity index (χ1n) is 8.91. The van der Waals surface area contributed by atoms with Crippen molar-refractivity contribution in [1.29, 1.82) is 0 Å². The maximum Gasteiger partial charge on any atom is 0.325 e. The average Bonchev–Trinajstić information content (AvgIpc) is 2.91. The largest absolute Gasteiger partial charge is 0.369 e. The molecular formula is C20H19ClN4O4S. The average molecular weight is 447 g/mol. The van der Waals surface area contributed by atoms with E-state index in [4.69, 9.17) is 17.3 Å². The number of nitrogens with zero attached hydrogens (tertiary/aromatic N) is 1. The molecule has 0 aromatic heterocycles. The van der Waals surface area contributed by atoms with Crippen LogP contribution in [0.25, 0.3) is 0 Å². The molecule has 1 heterocycles. The standard InChI is InChI=1S/C20H19ClN4O4S/c1-20(12-6-8-13(21)9-7-12)18(28)25(19(29)24-20)10-17(27)23-14-4-2-3-5-15(14)30-11-16(22)26/h2-9H,10-11H2,1H3,(H2,22,26)(H,23,27)(H,24,29). The van der Waals surface area contributed by atoms with E-state index in [1.54, 1.807) is 55.5 Å². The lowest BCUT2D eigenvalue weighted by Crippen LogP contribution is -2.42. The van der Waals surface area contributed by atoms with Crippen molar-refractivity contribution < 1.29 is 19.2 Å². The van der Waals surface area contributed by atoms with Crippen LogP contribution >= 0.6 is 23.4 Å². The van der Waals surface area contributed by atoms with Crippen molar-refractivity contribution in [3.63, 3.8) is 0 Å². The number of para-hydroxylation sites is 1. The number of primary amides is 1. The minimum absolute atomic E-state index is 0.0549. The van der Waals surface area contributed by atoms with Crippen LogP contribution in [-0.2, 0) is 19.9 Å². The molecule has 0 radical (unpaired) electrons. The Labute approximate surface area is 182 Å². The highest BCUT2D eigenvalue weighted by Crippen LogP contribution is 2.30. The van der Waals surface area contributed by atoms with E-state index in [9.17, 15) is 19.2 Å². The third kappa shape index (κ3) is 4.58. The normalized spacial score (nSPS) is 18.3. The number of amides is 5. The van der Waals surface area contributed by atoms with Crippen molar-refractivity contribution in [2.45, 2.75) is 17.4 Å². The van der Waals surface area contributed by atoms with Gasteiger partial charge in [-0.05, 0) is 36.8 Å². The summed E-state index contributed by atoms with van der Waals surface area (Å²) in [4.78, 5) is 50.4. The zero-order chi connectivity index (χ0) is 21.9. The van der Waals surface area contributed by atoms with Gasteiger partial charge in [0.25, 0.3) is 5.91 Å². The first-order valence-corrected chi connectivity index (χ1v) is 10.3. The molecule has 0 saturated carbocycles. The maximum atomic E-state index is 12.9. The molecule has 30 heavy (non-hydrogen) atoms. The SMILES string of the molecule is CC1(c2ccc(Cl)cc2)NC(=O)N(CC(=O)Nc2ccccc2SCC(N)=O)C1=O. The Morgan fingerprint density at radius 1 is 1.17 bits per heavy atom. The van der Waals surface area contributed by atoms with Crippen LogP contribution < -0.4 is 16.4 Å². The van der Waals surface area contributed by atoms with Crippen molar-refractivity contribution in [3.8, 4) is 0 Å². The van der Waals surface area contributed by atoms with E-state index in [2.05, 4.69) is 10.6 Å². The molecule has 156 valence electrons. The number of nitrogens with two attached hydrogens (primary N) is 1. The van der Waals surface area contributed by atoms with Crippen molar-refractivity contribution in [2.24, 2.45) is 5.73 Å². The van der Waals surface area contributed by atoms with Gasteiger partial charge in [0.15, 0.2) is 0 Å². The predicted octanol–water partition coefficient (Wildman–Crippen LogP) is 2.32. The number of halogens is 1. The summed E-state index contributed by atoms with van der Waals surface area (Å²) in [5.74, 6) is -1.52. The molecule has 1 fully saturated rings. The molecule has 4 N–H and O–H groups in total. The summed E-state index contributed by atoms with van der Waals surface area (Å²) in [5, 5.41) is 5.81. The molecule has 1 aliphatic heterocycles. The molecule has 1 atom stereocenters. The number of urea groups is 1. The van der Waals surface area contributed by atoms with E-state index < -0.39 is 35.8 Å². The summed E-state index contributed by atoms with van der Waals surface area (Å²) in [6.07, 6.45) is 0. The molecule has 10 heteroatoms. The van der Waals surface area contributed by atoms with Crippen molar-refractivity contribution in [1.82, 2.24) is 10.2 Å². The molecule has 2 aromatic rings. The van der Waals surface area contributed by atoms with E-state index in [0.29, 0.717) is 21.2 Å². The van der Waals surface area contributed by atoms with Gasteiger partial charge in [-0.25, -0.2) is 4.79 Å². The van der Waals surface area contributed by atoms with Gasteiger partial charge < -0.3 is 16.4 Å². The second kappa shape index (κ2) is 8.76. The van der Waals surface area contributed by atoms with Gasteiger partial charge in [-0.15, -0.1) is 11.8 Å². The van der Waals surface area contributed by atoms with Gasteiger partial charge in [-0.2, -0.15) is 0 Å². The summed E-state index contributed by atoms with van der Waals surface area (Å²) in [5.41, 5.74) is 4.89. The van der Waals surface area contributed by atoms with Crippen LogP contribution in [0.4, 0.5) is 10.5 Å². The van der Waals surface area contributed by atoms with Gasteiger partial charge in [-0.1, -0.05) is 35.9 Å². The van der Waals surface area contributed by atoms with Crippen LogP contribution in [0.3, 0.4) is 0 Å². The Balaban J connectivity index is 1.72. The highest BCUT2D eigenvalue weighted by atomic mass is 35.5. The zero-order valence-corrected chi connectivity index (χ0v) is 17.5. The molecular weight excluding hydrogens is 428 g/mol. The van der Waals surface area contributed by atoms with Crippen LogP contribution in [0.1, 0.15) is 12.5 Å². The molecule has 0 bridgehead atoms. The minimum Gasteiger partial charge on any atom is -0.369 e. The zero-order valence-electron chi connectivity index (χ0n) is 16.0. The number of nitrogens with one attached hydrogen (secondary N) is 2. The maximum absolute atomic E-state index is 12.9. The van der Waals surface area contributed by atoms with Crippen LogP contribution in [-0.4, -0.2) is 41.0 Å². The molecule has 5 amide bonds. The lowest BCUT2D eigenvalue weighted by Gasteiger charge is -2.22. The van der Waals surface area contributed by atoms with Gasteiger partial charge in [0.2, 0.25) is 11.8 Å². The van der Waals surface area contributed by atoms with E-state index in [1.807, 2.05) is 0 Å². The van der Waals surface area contributed by atoms with E-state index in [0.717, 1.165) is 4.90 Å². The number of thioether (sulfide) groups is 1. The van der Waals surface area contributed by atoms with E-state index in [1.165, 1.54) is 11.8 Å². The topological polar surface area (TPSA) is 122 Å². The number of benzene rings is 2. The van der Waals surface area contributed by atoms with Gasteiger partial charge >= 0.3 is 6.03 Å². The molecule has 0 aliphatic carbocycles. The second-order valence-corrected chi connectivity index (χ2v) is 8.21. The highest BCUT2D eigenvalue weighted by Gasteiger charge is 2.49. The van der Waals surface area contributed by atoms with Crippen LogP contribution in [0.5, 0.6) is 0 Å². The van der Waals surface area contributed by atoms with Gasteiger partial charge in [0.05, 0.1) is 11.4 Å². The Morgan fingerprint density at radius 3 is 2.50 bits per heavy atom. The smallest absolute Gasteiger partial charge is 0.325 e. The Morgan fingerprint density at radius 2 is 1.83 bits per heavy atom. The van der Waals surface area contributed by atoms with Crippen molar-refractivity contribution in [2.75, 3.05) is 17.6 Å². The number of carbonyl (C=O) groups excluding carboxylic acids is 4.